The fraction of sp³-hybridized carbons (Fsp3) is 0.286. The van der Waals surface area contributed by atoms with Crippen molar-refractivity contribution in [1.82, 2.24) is 4.90 Å². The van der Waals surface area contributed by atoms with Crippen molar-refractivity contribution >= 4 is 16.9 Å². The number of likely N-dealkylation sites (tertiary alicyclic amines) is 1. The first-order valence-corrected chi connectivity index (χ1v) is 8.69. The SMILES string of the molecule is COc1ccc2c(C)c(C(=O)N3CC[C@H](c4ccccc4F)C3)oc2c1. The van der Waals surface area contributed by atoms with E-state index in [-0.39, 0.29) is 17.6 Å². The molecule has 1 amide bonds. The molecule has 0 saturated carbocycles. The van der Waals surface area contributed by atoms with Gasteiger partial charge in [-0.25, -0.2) is 4.39 Å². The number of hydrogen-bond donors (Lipinski definition) is 0. The number of benzene rings is 2. The molecule has 4 nitrogen and oxygen atoms in total. The first kappa shape index (κ1) is 16.6. The summed E-state index contributed by atoms with van der Waals surface area (Å²) < 4.78 is 25.1. The minimum absolute atomic E-state index is 0.0185. The molecule has 0 unspecified atom stereocenters. The minimum atomic E-state index is -0.209. The third-order valence-electron chi connectivity index (χ3n) is 5.16. The van der Waals surface area contributed by atoms with Crippen molar-refractivity contribution in [1.29, 1.82) is 0 Å². The number of carbonyl (C=O) groups excluding carboxylic acids is 1. The Bertz CT molecular complexity index is 979. The van der Waals surface area contributed by atoms with Gasteiger partial charge in [0.25, 0.3) is 5.91 Å². The van der Waals surface area contributed by atoms with Gasteiger partial charge in [0.2, 0.25) is 0 Å². The largest absolute Gasteiger partial charge is 0.497 e. The second kappa shape index (κ2) is 6.48. The standard InChI is InChI=1S/C21H20FNO3/c1-13-16-8-7-15(25-2)11-19(16)26-20(13)21(24)23-10-9-14(12-23)17-5-3-4-6-18(17)22/h3-8,11,14H,9-10,12H2,1-2H3/t14-/m0/s1. The Morgan fingerprint density at radius 1 is 1.27 bits per heavy atom. The zero-order chi connectivity index (χ0) is 18.3. The summed E-state index contributed by atoms with van der Waals surface area (Å²) in [5, 5.41) is 0.902. The van der Waals surface area contributed by atoms with Crippen LogP contribution in [0.4, 0.5) is 4.39 Å². The van der Waals surface area contributed by atoms with E-state index in [0.29, 0.717) is 35.7 Å². The van der Waals surface area contributed by atoms with E-state index in [0.717, 1.165) is 17.4 Å². The second-order valence-electron chi connectivity index (χ2n) is 6.68. The van der Waals surface area contributed by atoms with Crippen molar-refractivity contribution in [3.05, 3.63) is 65.2 Å². The van der Waals surface area contributed by atoms with Gasteiger partial charge in [0, 0.05) is 36.0 Å². The molecule has 0 spiro atoms. The first-order chi connectivity index (χ1) is 12.6. The van der Waals surface area contributed by atoms with Gasteiger partial charge in [-0.3, -0.25) is 4.79 Å². The van der Waals surface area contributed by atoms with Gasteiger partial charge in [-0.1, -0.05) is 18.2 Å². The summed E-state index contributed by atoms with van der Waals surface area (Å²) in [7, 11) is 1.59. The van der Waals surface area contributed by atoms with Gasteiger partial charge >= 0.3 is 0 Å². The number of ether oxygens (including phenoxy) is 1. The molecule has 0 radical (unpaired) electrons. The van der Waals surface area contributed by atoms with E-state index in [1.807, 2.05) is 25.1 Å². The summed E-state index contributed by atoms with van der Waals surface area (Å²) in [4.78, 5) is 14.7. The number of methoxy groups -OCH3 is 1. The van der Waals surface area contributed by atoms with Crippen molar-refractivity contribution in [2.24, 2.45) is 0 Å². The zero-order valence-corrected chi connectivity index (χ0v) is 14.8. The summed E-state index contributed by atoms with van der Waals surface area (Å²) in [6, 6.07) is 12.3. The number of rotatable bonds is 3. The quantitative estimate of drug-likeness (QED) is 0.695. The zero-order valence-electron chi connectivity index (χ0n) is 14.8. The summed E-state index contributed by atoms with van der Waals surface area (Å²) in [5.74, 6) is 0.703. The maximum atomic E-state index is 14.0. The number of furan rings is 1. The van der Waals surface area contributed by atoms with Crippen molar-refractivity contribution < 1.29 is 18.3 Å². The van der Waals surface area contributed by atoms with E-state index < -0.39 is 0 Å². The molecular weight excluding hydrogens is 333 g/mol. The van der Waals surface area contributed by atoms with E-state index in [1.165, 1.54) is 6.07 Å². The van der Waals surface area contributed by atoms with Gasteiger partial charge in [-0.2, -0.15) is 0 Å². The molecule has 2 aromatic carbocycles. The Morgan fingerprint density at radius 3 is 2.85 bits per heavy atom. The summed E-state index contributed by atoms with van der Waals surface area (Å²) in [5.41, 5.74) is 2.13. The molecule has 1 atom stereocenters. The lowest BCUT2D eigenvalue weighted by atomic mass is 9.98. The van der Waals surface area contributed by atoms with Crippen LogP contribution in [-0.2, 0) is 0 Å². The predicted octanol–water partition coefficient (Wildman–Crippen LogP) is 4.52. The van der Waals surface area contributed by atoms with E-state index in [4.69, 9.17) is 9.15 Å². The lowest BCUT2D eigenvalue weighted by Crippen LogP contribution is -2.28. The van der Waals surface area contributed by atoms with Crippen LogP contribution in [0, 0.1) is 12.7 Å². The van der Waals surface area contributed by atoms with Crippen LogP contribution in [0.2, 0.25) is 0 Å². The molecule has 0 aliphatic carbocycles. The highest BCUT2D eigenvalue weighted by Crippen LogP contribution is 2.33. The van der Waals surface area contributed by atoms with Crippen LogP contribution in [0.15, 0.2) is 46.9 Å². The lowest BCUT2D eigenvalue weighted by molar-refractivity contribution is 0.0760. The van der Waals surface area contributed by atoms with E-state index >= 15 is 0 Å². The minimum Gasteiger partial charge on any atom is -0.497 e. The molecule has 1 fully saturated rings. The normalized spacial score (nSPS) is 17.0. The number of carbonyl (C=O) groups is 1. The third-order valence-corrected chi connectivity index (χ3v) is 5.16. The monoisotopic (exact) mass is 353 g/mol. The molecule has 134 valence electrons. The lowest BCUT2D eigenvalue weighted by Gasteiger charge is -2.16. The molecule has 26 heavy (non-hydrogen) atoms. The topological polar surface area (TPSA) is 42.7 Å². The van der Waals surface area contributed by atoms with Crippen LogP contribution in [0.1, 0.15) is 34.0 Å². The second-order valence-corrected chi connectivity index (χ2v) is 6.68. The predicted molar refractivity (Wildman–Crippen MR) is 97.2 cm³/mol. The molecule has 5 heteroatoms. The van der Waals surface area contributed by atoms with Gasteiger partial charge in [0.05, 0.1) is 7.11 Å². The van der Waals surface area contributed by atoms with Crippen LogP contribution in [0.3, 0.4) is 0 Å². The first-order valence-electron chi connectivity index (χ1n) is 8.69. The fourth-order valence-corrected chi connectivity index (χ4v) is 3.69. The summed E-state index contributed by atoms with van der Waals surface area (Å²) in [6.45, 7) is 2.98. The van der Waals surface area contributed by atoms with Crippen molar-refractivity contribution in [3.63, 3.8) is 0 Å². The van der Waals surface area contributed by atoms with Crippen LogP contribution in [-0.4, -0.2) is 31.0 Å². The number of aryl methyl sites for hydroxylation is 1. The van der Waals surface area contributed by atoms with E-state index in [2.05, 4.69) is 0 Å². The third kappa shape index (κ3) is 2.73. The highest BCUT2D eigenvalue weighted by Gasteiger charge is 2.32. The van der Waals surface area contributed by atoms with Gasteiger partial charge in [0.1, 0.15) is 17.1 Å². The van der Waals surface area contributed by atoms with Crippen LogP contribution in [0.5, 0.6) is 5.75 Å². The maximum Gasteiger partial charge on any atom is 0.289 e. The molecule has 0 N–H and O–H groups in total. The highest BCUT2D eigenvalue weighted by molar-refractivity contribution is 5.99. The molecule has 2 heterocycles. The smallest absolute Gasteiger partial charge is 0.289 e. The Balaban J connectivity index is 1.60. The van der Waals surface area contributed by atoms with Crippen molar-refractivity contribution in [3.8, 4) is 5.75 Å². The Labute approximate surface area is 151 Å². The average molecular weight is 353 g/mol. The van der Waals surface area contributed by atoms with Crippen molar-refractivity contribution in [2.75, 3.05) is 20.2 Å². The van der Waals surface area contributed by atoms with Gasteiger partial charge in [-0.05, 0) is 37.1 Å². The Hall–Kier alpha value is -2.82. The molecule has 1 aliphatic heterocycles. The number of fused-ring (bicyclic) bond motifs is 1. The molecule has 1 saturated heterocycles. The number of nitrogens with zero attached hydrogens (tertiary/aromatic N) is 1. The summed E-state index contributed by atoms with van der Waals surface area (Å²) >= 11 is 0. The maximum absolute atomic E-state index is 14.0. The van der Waals surface area contributed by atoms with Crippen LogP contribution >= 0.6 is 0 Å². The fourth-order valence-electron chi connectivity index (χ4n) is 3.69. The average Bonchev–Trinajstić information content (AvgIpc) is 3.26. The van der Waals surface area contributed by atoms with Gasteiger partial charge in [0.15, 0.2) is 5.76 Å². The number of amides is 1. The summed E-state index contributed by atoms with van der Waals surface area (Å²) in [6.07, 6.45) is 0.750. The van der Waals surface area contributed by atoms with Gasteiger partial charge < -0.3 is 14.1 Å². The van der Waals surface area contributed by atoms with E-state index in [9.17, 15) is 9.18 Å². The Morgan fingerprint density at radius 2 is 2.08 bits per heavy atom. The van der Waals surface area contributed by atoms with Crippen LogP contribution in [0.25, 0.3) is 11.0 Å². The molecule has 3 aromatic rings. The van der Waals surface area contributed by atoms with Crippen molar-refractivity contribution in [2.45, 2.75) is 19.3 Å². The molecule has 0 bridgehead atoms. The molecular formula is C21H20FNO3. The van der Waals surface area contributed by atoms with E-state index in [1.54, 1.807) is 30.2 Å². The molecule has 1 aliphatic rings. The highest BCUT2D eigenvalue weighted by atomic mass is 19.1. The van der Waals surface area contributed by atoms with Crippen LogP contribution < -0.4 is 4.74 Å². The number of hydrogen-bond acceptors (Lipinski definition) is 3. The number of halogens is 1. The Kier molecular flexibility index (Phi) is 4.15. The molecule has 1 aromatic heterocycles. The molecule has 4 rings (SSSR count). The van der Waals surface area contributed by atoms with Gasteiger partial charge in [-0.15, -0.1) is 0 Å².